The van der Waals surface area contributed by atoms with E-state index in [1.165, 1.54) is 14.2 Å². The lowest BCUT2D eigenvalue weighted by Crippen LogP contribution is -2.56. The predicted octanol–water partition coefficient (Wildman–Crippen LogP) is 8.42. The standard InChI is InChI=1S/C40H34BF5O5/c1-4-29(36(47)30-31(42)33(44)35(46)34(45)32(30)43)41-50-37(39(48-2,25-17-9-5-10-18-25)26-19-11-6-12-20-26)38(51-41)40(49-3,27-21-13-7-14-22-27)28-23-15-8-16-24-28/h4-24,29,36-38,47H,1H2,2-3H3/t29-,36-,37-,38-/m1/s1. The number of halogens is 5. The van der Waals surface area contributed by atoms with Crippen LogP contribution >= 0.6 is 0 Å². The van der Waals surface area contributed by atoms with E-state index in [1.54, 1.807) is 0 Å². The lowest BCUT2D eigenvalue weighted by molar-refractivity contribution is -0.136. The highest BCUT2D eigenvalue weighted by Crippen LogP contribution is 2.52. The van der Waals surface area contributed by atoms with Gasteiger partial charge in [-0.25, -0.2) is 22.0 Å². The molecule has 0 spiro atoms. The second kappa shape index (κ2) is 14.9. The number of hydrogen-bond donors (Lipinski definition) is 1. The molecule has 5 nitrogen and oxygen atoms in total. The second-order valence-corrected chi connectivity index (χ2v) is 12.1. The number of benzene rings is 5. The van der Waals surface area contributed by atoms with Gasteiger partial charge in [0.1, 0.15) is 23.4 Å². The van der Waals surface area contributed by atoms with Crippen LogP contribution in [0.3, 0.4) is 0 Å². The average Bonchev–Trinajstić information content (AvgIpc) is 3.61. The van der Waals surface area contributed by atoms with E-state index in [1.807, 2.05) is 121 Å². The molecule has 1 saturated heterocycles. The highest BCUT2D eigenvalue weighted by atomic mass is 19.2. The van der Waals surface area contributed by atoms with Crippen LogP contribution in [0, 0.1) is 29.1 Å². The van der Waals surface area contributed by atoms with E-state index in [2.05, 4.69) is 6.58 Å². The number of aliphatic hydroxyl groups is 1. The van der Waals surface area contributed by atoms with Crippen molar-refractivity contribution in [2.45, 2.75) is 35.3 Å². The fraction of sp³-hybridized carbons (Fsp3) is 0.200. The van der Waals surface area contributed by atoms with Crippen LogP contribution in [0.15, 0.2) is 134 Å². The van der Waals surface area contributed by atoms with Crippen LogP contribution in [-0.4, -0.2) is 38.7 Å². The molecule has 0 aromatic heterocycles. The molecular formula is C40H34BF5O5. The number of methoxy groups -OCH3 is 2. The van der Waals surface area contributed by atoms with Crippen molar-refractivity contribution in [1.29, 1.82) is 0 Å². The predicted molar refractivity (Wildman–Crippen MR) is 182 cm³/mol. The third kappa shape index (κ3) is 5.98. The van der Waals surface area contributed by atoms with Gasteiger partial charge in [-0.2, -0.15) is 0 Å². The van der Waals surface area contributed by atoms with E-state index in [0.29, 0.717) is 22.3 Å². The van der Waals surface area contributed by atoms with Crippen molar-refractivity contribution < 1.29 is 45.8 Å². The van der Waals surface area contributed by atoms with Crippen molar-refractivity contribution in [3.8, 4) is 0 Å². The zero-order valence-corrected chi connectivity index (χ0v) is 27.7. The molecule has 1 aliphatic rings. The number of hydrogen-bond acceptors (Lipinski definition) is 5. The van der Waals surface area contributed by atoms with Gasteiger partial charge in [-0.1, -0.05) is 127 Å². The molecule has 0 unspecified atom stereocenters. The number of aliphatic hydroxyl groups excluding tert-OH is 1. The van der Waals surface area contributed by atoms with Gasteiger partial charge < -0.3 is 23.9 Å². The zero-order valence-electron chi connectivity index (χ0n) is 27.7. The summed E-state index contributed by atoms with van der Waals surface area (Å²) in [6.07, 6.45) is -3.62. The smallest absolute Gasteiger partial charge is 0.401 e. The Morgan fingerprint density at radius 1 is 0.588 bits per heavy atom. The summed E-state index contributed by atoms with van der Waals surface area (Å²) in [6, 6.07) is 36.7. The number of rotatable bonds is 12. The van der Waals surface area contributed by atoms with E-state index < -0.39 is 77.1 Å². The molecule has 51 heavy (non-hydrogen) atoms. The maximum Gasteiger partial charge on any atom is 0.468 e. The van der Waals surface area contributed by atoms with Crippen molar-refractivity contribution in [1.82, 2.24) is 0 Å². The van der Waals surface area contributed by atoms with Crippen LogP contribution in [0.2, 0.25) is 5.82 Å². The van der Waals surface area contributed by atoms with Gasteiger partial charge in [0.25, 0.3) is 0 Å². The van der Waals surface area contributed by atoms with Crippen LogP contribution < -0.4 is 0 Å². The van der Waals surface area contributed by atoms with E-state index in [4.69, 9.17) is 18.8 Å². The summed E-state index contributed by atoms with van der Waals surface area (Å²) in [5.41, 5.74) is -1.84. The van der Waals surface area contributed by atoms with Crippen molar-refractivity contribution in [2.24, 2.45) is 0 Å². The SMILES string of the molecule is C=C[C@@H](B1O[C@@H](C(OC)(c2ccccc2)c2ccccc2)[C@H](C(OC)(c2ccccc2)c2ccccc2)O1)[C@@H](O)c1c(F)c(F)c(F)c(F)c1F. The van der Waals surface area contributed by atoms with E-state index in [-0.39, 0.29) is 0 Å². The minimum absolute atomic E-state index is 0.638. The highest BCUT2D eigenvalue weighted by molar-refractivity contribution is 6.48. The van der Waals surface area contributed by atoms with Crippen LogP contribution in [0.4, 0.5) is 22.0 Å². The minimum Gasteiger partial charge on any atom is -0.401 e. The molecule has 5 aromatic rings. The Balaban J connectivity index is 1.62. The van der Waals surface area contributed by atoms with Crippen LogP contribution in [0.1, 0.15) is 33.9 Å². The summed E-state index contributed by atoms with van der Waals surface area (Å²) in [7, 11) is 1.41. The Morgan fingerprint density at radius 3 is 1.16 bits per heavy atom. The maximum absolute atomic E-state index is 15.1. The van der Waals surface area contributed by atoms with Crippen molar-refractivity contribution in [3.05, 3.63) is 191 Å². The molecule has 1 heterocycles. The molecule has 1 N–H and O–H groups in total. The van der Waals surface area contributed by atoms with Crippen molar-refractivity contribution in [3.63, 3.8) is 0 Å². The van der Waals surface area contributed by atoms with Gasteiger partial charge in [0.05, 0.1) is 11.7 Å². The summed E-state index contributed by atoms with van der Waals surface area (Å²) in [6.45, 7) is 3.73. The first-order chi connectivity index (χ1) is 24.7. The molecule has 262 valence electrons. The molecule has 1 aliphatic heterocycles. The van der Waals surface area contributed by atoms with Crippen LogP contribution in [0.25, 0.3) is 0 Å². The number of ether oxygens (including phenoxy) is 2. The third-order valence-electron chi connectivity index (χ3n) is 9.58. The Bertz CT molecular complexity index is 1750. The maximum atomic E-state index is 15.1. The fourth-order valence-corrected chi connectivity index (χ4v) is 7.16. The largest absolute Gasteiger partial charge is 0.468 e. The van der Waals surface area contributed by atoms with E-state index in [0.717, 1.165) is 6.08 Å². The summed E-state index contributed by atoms with van der Waals surface area (Å²) in [5, 5.41) is 11.5. The third-order valence-corrected chi connectivity index (χ3v) is 9.58. The summed E-state index contributed by atoms with van der Waals surface area (Å²) < 4.78 is 99.7. The lowest BCUT2D eigenvalue weighted by atomic mass is 9.67. The van der Waals surface area contributed by atoms with Gasteiger partial charge in [-0.3, -0.25) is 0 Å². The molecule has 0 aliphatic carbocycles. The quantitative estimate of drug-likeness (QED) is 0.0466. The first-order valence-corrected chi connectivity index (χ1v) is 16.1. The summed E-state index contributed by atoms with van der Waals surface area (Å²) >= 11 is 0. The Hall–Kier alpha value is -4.65. The molecule has 0 radical (unpaired) electrons. The van der Waals surface area contributed by atoms with Gasteiger partial charge in [0, 0.05) is 20.0 Å². The molecule has 0 saturated carbocycles. The molecule has 4 atom stereocenters. The fourth-order valence-electron chi connectivity index (χ4n) is 7.16. The Morgan fingerprint density at radius 2 is 0.882 bits per heavy atom. The first-order valence-electron chi connectivity index (χ1n) is 16.1. The van der Waals surface area contributed by atoms with Gasteiger partial charge in [0.2, 0.25) is 5.82 Å². The highest BCUT2D eigenvalue weighted by Gasteiger charge is 2.63. The summed E-state index contributed by atoms with van der Waals surface area (Å²) in [4.78, 5) is 0. The Kier molecular flexibility index (Phi) is 10.6. The molecular weight excluding hydrogens is 666 g/mol. The minimum atomic E-state index is -2.35. The molecule has 5 aromatic carbocycles. The van der Waals surface area contributed by atoms with E-state index >= 15 is 8.78 Å². The topological polar surface area (TPSA) is 57.2 Å². The normalized spacial score (nSPS) is 17.7. The molecule has 6 rings (SSSR count). The van der Waals surface area contributed by atoms with E-state index in [9.17, 15) is 18.3 Å². The molecule has 0 amide bonds. The molecule has 0 bridgehead atoms. The molecule has 1 fully saturated rings. The molecule has 11 heteroatoms. The lowest BCUT2D eigenvalue weighted by Gasteiger charge is -2.47. The zero-order chi connectivity index (χ0) is 36.3. The Labute approximate surface area is 293 Å². The van der Waals surface area contributed by atoms with Gasteiger partial charge >= 0.3 is 7.12 Å². The second-order valence-electron chi connectivity index (χ2n) is 12.1. The monoisotopic (exact) mass is 700 g/mol. The van der Waals surface area contributed by atoms with Crippen molar-refractivity contribution >= 4 is 7.12 Å². The van der Waals surface area contributed by atoms with Gasteiger partial charge in [-0.15, -0.1) is 6.58 Å². The van der Waals surface area contributed by atoms with Crippen molar-refractivity contribution in [2.75, 3.05) is 14.2 Å². The first kappa shape index (κ1) is 36.2. The average molecular weight is 701 g/mol. The summed E-state index contributed by atoms with van der Waals surface area (Å²) in [5.74, 6) is -12.7. The van der Waals surface area contributed by atoms with Crippen LogP contribution in [-0.2, 0) is 30.0 Å². The van der Waals surface area contributed by atoms with Crippen LogP contribution in [0.5, 0.6) is 0 Å². The van der Waals surface area contributed by atoms with Gasteiger partial charge in [0.15, 0.2) is 23.3 Å². The van der Waals surface area contributed by atoms with Gasteiger partial charge in [-0.05, 0) is 22.3 Å².